The van der Waals surface area contributed by atoms with Crippen LogP contribution >= 0.6 is 0 Å². The van der Waals surface area contributed by atoms with Crippen LogP contribution in [0.5, 0.6) is 0 Å². The molecule has 0 aromatic heterocycles. The average molecular weight is 805 g/mol. The highest BCUT2D eigenvalue weighted by Crippen LogP contribution is 2.76. The molecule has 322 valence electrons. The van der Waals surface area contributed by atoms with E-state index in [0.717, 1.165) is 18.4 Å². The fourth-order valence-corrected chi connectivity index (χ4v) is 13.4. The lowest BCUT2D eigenvalue weighted by Gasteiger charge is -2.72. The number of ether oxygens (including phenoxy) is 4. The summed E-state index contributed by atoms with van der Waals surface area (Å²) >= 11 is 0. The minimum Gasteiger partial charge on any atom is -0.488 e. The Balaban J connectivity index is 1.35. The van der Waals surface area contributed by atoms with Gasteiger partial charge in [-0.25, -0.2) is 4.79 Å². The Morgan fingerprint density at radius 1 is 0.930 bits per heavy atom. The van der Waals surface area contributed by atoms with Crippen LogP contribution in [0.1, 0.15) is 107 Å². The molecule has 0 aromatic carbocycles. The molecule has 0 spiro atoms. The Bertz CT molecular complexity index is 1650. The number of carbonyl (C=O) groups excluding carboxylic acids is 1. The van der Waals surface area contributed by atoms with Crippen molar-refractivity contribution in [3.8, 4) is 0 Å². The first-order chi connectivity index (χ1) is 26.4. The first kappa shape index (κ1) is 44.2. The van der Waals surface area contributed by atoms with Crippen molar-refractivity contribution < 1.29 is 64.3 Å². The number of hydrogen-bond acceptors (Lipinski definition) is 12. The first-order valence-electron chi connectivity index (χ1n) is 20.7. The number of esters is 1. The van der Waals surface area contributed by atoms with Gasteiger partial charge in [0.15, 0.2) is 12.4 Å². The molecule has 17 unspecified atom stereocenters. The molecule has 13 nitrogen and oxygen atoms in total. The van der Waals surface area contributed by atoms with Crippen LogP contribution in [0.25, 0.3) is 0 Å². The molecule has 1 saturated heterocycles. The number of carboxylic acid groups (broad SMARTS) is 1. The molecule has 0 bridgehead atoms. The molecule has 0 aromatic rings. The summed E-state index contributed by atoms with van der Waals surface area (Å²) in [6.07, 6.45) is -3.86. The van der Waals surface area contributed by atoms with Gasteiger partial charge in [-0.1, -0.05) is 65.3 Å². The lowest BCUT2D eigenvalue weighted by molar-refractivity contribution is -0.328. The quantitative estimate of drug-likeness (QED) is 0.0578. The summed E-state index contributed by atoms with van der Waals surface area (Å²) in [5.74, 6) is -1.83. The Labute approximate surface area is 337 Å². The minimum absolute atomic E-state index is 0.0595. The van der Waals surface area contributed by atoms with Gasteiger partial charge in [0.05, 0.1) is 24.2 Å². The van der Waals surface area contributed by atoms with Crippen LogP contribution in [-0.4, -0.2) is 116 Å². The van der Waals surface area contributed by atoms with Crippen LogP contribution in [-0.2, 0) is 28.5 Å². The fourth-order valence-electron chi connectivity index (χ4n) is 13.4. The normalized spacial score (nSPS) is 48.8. The maximum Gasteiger partial charge on any atom is 0.335 e. The summed E-state index contributed by atoms with van der Waals surface area (Å²) in [7, 11) is 0. The van der Waals surface area contributed by atoms with Crippen LogP contribution < -0.4 is 0 Å². The summed E-state index contributed by atoms with van der Waals surface area (Å²) < 4.78 is 24.0. The summed E-state index contributed by atoms with van der Waals surface area (Å²) in [4.78, 5) is 24.2. The minimum atomic E-state index is -1.84. The first-order valence-corrected chi connectivity index (χ1v) is 20.7. The SMILES string of the molecule is C=C(C=C(C)C)OC1C(O)C2(COC(C)=O)C(O)CC3(C)C(=CCC4C5(C)CCC(OC6OC(C(=O)O)C(O)C(O)C6O)C(C)(CO)C5CCC43C)C2CC1(C)C. The molecule has 4 saturated carbocycles. The second-order valence-electron chi connectivity index (χ2n) is 20.4. The third kappa shape index (κ3) is 6.65. The number of hydrogen-bond donors (Lipinski definition) is 7. The Morgan fingerprint density at radius 3 is 2.19 bits per heavy atom. The van der Waals surface area contributed by atoms with Crippen LogP contribution in [0.15, 0.2) is 35.6 Å². The molecule has 1 aliphatic heterocycles. The Hall–Kier alpha value is -2.36. The number of fused-ring (bicyclic) bond motifs is 7. The summed E-state index contributed by atoms with van der Waals surface area (Å²) in [5, 5.41) is 77.5. The van der Waals surface area contributed by atoms with Gasteiger partial charge in [0, 0.05) is 17.8 Å². The number of rotatable bonds is 9. The average Bonchev–Trinajstić information content (AvgIpc) is 3.10. The lowest BCUT2D eigenvalue weighted by Crippen LogP contribution is -2.72. The number of aliphatic hydroxyl groups is 6. The van der Waals surface area contributed by atoms with E-state index < -0.39 is 88.7 Å². The lowest BCUT2D eigenvalue weighted by atomic mass is 9.33. The highest BCUT2D eigenvalue weighted by atomic mass is 16.7. The summed E-state index contributed by atoms with van der Waals surface area (Å²) in [6.45, 7) is 21.9. The van der Waals surface area contributed by atoms with Crippen molar-refractivity contribution in [2.24, 2.45) is 50.2 Å². The molecular weight excluding hydrogens is 736 g/mol. The third-order valence-electron chi connectivity index (χ3n) is 16.6. The van der Waals surface area contributed by atoms with Crippen molar-refractivity contribution >= 4 is 11.9 Å². The van der Waals surface area contributed by atoms with E-state index in [-0.39, 0.29) is 41.8 Å². The van der Waals surface area contributed by atoms with Crippen LogP contribution in [0, 0.1) is 50.2 Å². The fraction of sp³-hybridized carbons (Fsp3) is 0.818. The van der Waals surface area contributed by atoms with E-state index in [4.69, 9.17) is 18.9 Å². The number of aliphatic carboxylic acids is 1. The molecule has 0 radical (unpaired) electrons. The molecule has 5 aliphatic carbocycles. The van der Waals surface area contributed by atoms with Crippen molar-refractivity contribution in [2.75, 3.05) is 13.2 Å². The summed E-state index contributed by atoms with van der Waals surface area (Å²) in [5.41, 5.74) is -1.59. The third-order valence-corrected chi connectivity index (χ3v) is 16.6. The summed E-state index contributed by atoms with van der Waals surface area (Å²) in [6, 6.07) is 0. The second kappa shape index (κ2) is 15.0. The van der Waals surface area contributed by atoms with Gasteiger partial charge in [0.2, 0.25) is 0 Å². The van der Waals surface area contributed by atoms with Crippen molar-refractivity contribution in [1.82, 2.24) is 0 Å². The number of carboxylic acids is 1. The maximum absolute atomic E-state index is 12.6. The predicted molar refractivity (Wildman–Crippen MR) is 208 cm³/mol. The van der Waals surface area contributed by atoms with E-state index in [0.29, 0.717) is 37.9 Å². The number of carbonyl (C=O) groups is 2. The van der Waals surface area contributed by atoms with Gasteiger partial charge < -0.3 is 54.7 Å². The highest BCUT2D eigenvalue weighted by molar-refractivity contribution is 5.73. The highest BCUT2D eigenvalue weighted by Gasteiger charge is 2.73. The largest absolute Gasteiger partial charge is 0.488 e. The zero-order valence-electron chi connectivity index (χ0n) is 35.2. The molecule has 5 fully saturated rings. The monoisotopic (exact) mass is 804 g/mol. The molecule has 7 N–H and O–H groups in total. The van der Waals surface area contributed by atoms with Gasteiger partial charge >= 0.3 is 11.9 Å². The van der Waals surface area contributed by atoms with E-state index in [9.17, 15) is 45.3 Å². The second-order valence-corrected chi connectivity index (χ2v) is 20.4. The molecule has 13 heteroatoms. The van der Waals surface area contributed by atoms with Crippen molar-refractivity contribution in [2.45, 2.75) is 162 Å². The van der Waals surface area contributed by atoms with Crippen molar-refractivity contribution in [3.63, 3.8) is 0 Å². The molecule has 6 aliphatic rings. The van der Waals surface area contributed by atoms with E-state index in [1.807, 2.05) is 26.8 Å². The Kier molecular flexibility index (Phi) is 11.6. The van der Waals surface area contributed by atoms with Gasteiger partial charge in [0.1, 0.15) is 42.9 Å². The molecule has 1 heterocycles. The van der Waals surface area contributed by atoms with E-state index in [2.05, 4.69) is 47.3 Å². The molecule has 0 amide bonds. The zero-order chi connectivity index (χ0) is 42.4. The standard InChI is InChI=1S/C44H68O13/c1-22(2)17-23(3)55-36-35(51)44(21-54-24(4)46)26(18-39(36,5)6)25-11-12-28-40(7)15-14-30(56-38-33(50)31(48)32(49)34(57-38)37(52)53)41(8,20-45)27(40)13-16-42(28,9)43(25,10)19-29(44)47/h11,17,26-36,38,45,47-51H,3,12-16,18-21H2,1-2,4-10H3,(H,52,53). The topological polar surface area (TPSA) is 213 Å². The predicted octanol–water partition coefficient (Wildman–Crippen LogP) is 4.02. The van der Waals surface area contributed by atoms with Gasteiger partial charge in [-0.3, -0.25) is 4.79 Å². The number of allylic oxidation sites excluding steroid dienone is 4. The van der Waals surface area contributed by atoms with Crippen LogP contribution in [0.4, 0.5) is 0 Å². The smallest absolute Gasteiger partial charge is 0.335 e. The molecule has 57 heavy (non-hydrogen) atoms. The number of aliphatic hydroxyl groups excluding tert-OH is 6. The van der Waals surface area contributed by atoms with Gasteiger partial charge in [-0.05, 0) is 98.9 Å². The van der Waals surface area contributed by atoms with E-state index in [1.165, 1.54) is 12.5 Å². The van der Waals surface area contributed by atoms with Crippen LogP contribution in [0.2, 0.25) is 0 Å². The molecular formula is C44H68O13. The maximum atomic E-state index is 12.6. The molecule has 17 atom stereocenters. The molecule has 6 rings (SSSR count). The van der Waals surface area contributed by atoms with Gasteiger partial charge in [-0.2, -0.15) is 0 Å². The van der Waals surface area contributed by atoms with Crippen molar-refractivity contribution in [1.29, 1.82) is 0 Å². The van der Waals surface area contributed by atoms with E-state index >= 15 is 0 Å². The zero-order valence-corrected chi connectivity index (χ0v) is 35.2. The van der Waals surface area contributed by atoms with E-state index in [1.54, 1.807) is 0 Å². The Morgan fingerprint density at radius 2 is 1.60 bits per heavy atom. The van der Waals surface area contributed by atoms with Gasteiger partial charge in [-0.15, -0.1) is 0 Å². The van der Waals surface area contributed by atoms with Crippen molar-refractivity contribution in [3.05, 3.63) is 35.6 Å². The van der Waals surface area contributed by atoms with Gasteiger partial charge in [0.25, 0.3) is 0 Å². The van der Waals surface area contributed by atoms with Crippen LogP contribution in [0.3, 0.4) is 0 Å².